The van der Waals surface area contributed by atoms with E-state index in [2.05, 4.69) is 17.2 Å². The molecular weight excluding hydrogens is 281 g/mol. The summed E-state index contributed by atoms with van der Waals surface area (Å²) >= 11 is 0. The van der Waals surface area contributed by atoms with Gasteiger partial charge in [-0.15, -0.1) is 0 Å². The van der Waals surface area contributed by atoms with Crippen molar-refractivity contribution >= 4 is 10.0 Å². The average Bonchev–Trinajstić information content (AvgIpc) is 2.46. The molecule has 2 heterocycles. The molecule has 1 aliphatic rings. The van der Waals surface area contributed by atoms with Gasteiger partial charge < -0.3 is 5.32 Å². The first-order chi connectivity index (χ1) is 9.48. The molecule has 2 rings (SSSR count). The highest BCUT2D eigenvalue weighted by Gasteiger charge is 2.34. The van der Waals surface area contributed by atoms with Crippen LogP contribution in [-0.2, 0) is 10.0 Å². The van der Waals surface area contributed by atoms with Crippen molar-refractivity contribution in [1.29, 1.82) is 0 Å². The van der Waals surface area contributed by atoms with Crippen molar-refractivity contribution in [3.05, 3.63) is 24.3 Å². The lowest BCUT2D eigenvalue weighted by molar-refractivity contribution is 0.209. The Bertz CT molecular complexity index is 564. The molecule has 1 aromatic heterocycles. The average molecular weight is 301 g/mol. The summed E-state index contributed by atoms with van der Waals surface area (Å²) in [4.78, 5) is 3.55. The highest BCUT2D eigenvalue weighted by Crippen LogP contribution is 2.25. The molecule has 20 heavy (non-hydrogen) atoms. The van der Waals surface area contributed by atoms with Crippen LogP contribution in [0.15, 0.2) is 23.4 Å². The van der Waals surface area contributed by atoms with Crippen LogP contribution >= 0.6 is 0 Å². The molecule has 1 fully saturated rings. The molecule has 0 aliphatic carbocycles. The van der Waals surface area contributed by atoms with Gasteiger partial charge in [0.15, 0.2) is 0 Å². The van der Waals surface area contributed by atoms with Crippen molar-refractivity contribution in [1.82, 2.24) is 14.6 Å². The maximum absolute atomic E-state index is 13.2. The monoisotopic (exact) mass is 301 g/mol. The summed E-state index contributed by atoms with van der Waals surface area (Å²) in [6.07, 6.45) is 3.86. The number of halogens is 1. The van der Waals surface area contributed by atoms with E-state index < -0.39 is 15.8 Å². The minimum atomic E-state index is -3.66. The summed E-state index contributed by atoms with van der Waals surface area (Å²) in [5.41, 5.74) is 0. The third kappa shape index (κ3) is 2.99. The van der Waals surface area contributed by atoms with Gasteiger partial charge in [-0.2, -0.15) is 4.31 Å². The second-order valence-corrected chi connectivity index (χ2v) is 6.99. The number of hydrogen-bond donors (Lipinski definition) is 1. The fraction of sp³-hybridized carbons (Fsp3) is 0.615. The van der Waals surface area contributed by atoms with Crippen LogP contribution in [0.4, 0.5) is 4.39 Å². The molecule has 0 spiro atoms. The molecular formula is C13H20FN3O2S. The van der Waals surface area contributed by atoms with Gasteiger partial charge in [0.05, 0.1) is 6.20 Å². The van der Waals surface area contributed by atoms with E-state index in [1.807, 2.05) is 7.05 Å². The second-order valence-electron chi connectivity index (χ2n) is 5.05. The predicted octanol–water partition coefficient (Wildman–Crippen LogP) is 1.23. The van der Waals surface area contributed by atoms with Crippen LogP contribution in [0.5, 0.6) is 0 Å². The van der Waals surface area contributed by atoms with E-state index in [1.54, 1.807) is 0 Å². The van der Waals surface area contributed by atoms with Gasteiger partial charge >= 0.3 is 0 Å². The lowest BCUT2D eigenvalue weighted by Crippen LogP contribution is -2.49. The Kier molecular flexibility index (Phi) is 4.72. The predicted molar refractivity (Wildman–Crippen MR) is 74.2 cm³/mol. The van der Waals surface area contributed by atoms with Gasteiger partial charge in [-0.25, -0.2) is 12.8 Å². The van der Waals surface area contributed by atoms with Gasteiger partial charge in [-0.05, 0) is 25.5 Å². The smallest absolute Gasteiger partial charge is 0.244 e. The molecule has 0 amide bonds. The first-order valence-electron chi connectivity index (χ1n) is 6.77. The van der Waals surface area contributed by atoms with Gasteiger partial charge in [0.25, 0.3) is 0 Å². The van der Waals surface area contributed by atoms with E-state index in [-0.39, 0.29) is 10.8 Å². The first kappa shape index (κ1) is 15.3. The second kappa shape index (κ2) is 6.15. The number of aromatic nitrogens is 1. The molecule has 1 saturated heterocycles. The Hall–Kier alpha value is -1.05. The van der Waals surface area contributed by atoms with E-state index >= 15 is 0 Å². The molecule has 2 unspecified atom stereocenters. The zero-order valence-corrected chi connectivity index (χ0v) is 12.5. The first-order valence-corrected chi connectivity index (χ1v) is 8.21. The van der Waals surface area contributed by atoms with Crippen LogP contribution in [0.3, 0.4) is 0 Å². The topological polar surface area (TPSA) is 62.3 Å². The third-order valence-corrected chi connectivity index (χ3v) is 5.74. The molecule has 0 radical (unpaired) electrons. The normalized spacial score (nSPS) is 24.8. The highest BCUT2D eigenvalue weighted by molar-refractivity contribution is 7.89. The van der Waals surface area contributed by atoms with Gasteiger partial charge in [-0.1, -0.05) is 13.3 Å². The number of hydrogen-bond acceptors (Lipinski definition) is 4. The number of sulfonamides is 1. The fourth-order valence-electron chi connectivity index (χ4n) is 2.69. The zero-order valence-electron chi connectivity index (χ0n) is 11.7. The Labute approximate surface area is 119 Å². The molecule has 7 heteroatoms. The number of rotatable bonds is 4. The van der Waals surface area contributed by atoms with Crippen LogP contribution < -0.4 is 5.32 Å². The van der Waals surface area contributed by atoms with Gasteiger partial charge in [-0.3, -0.25) is 4.98 Å². The summed E-state index contributed by atoms with van der Waals surface area (Å²) in [6, 6.07) is 1.35. The van der Waals surface area contributed by atoms with Crippen molar-refractivity contribution < 1.29 is 12.8 Å². The van der Waals surface area contributed by atoms with Crippen LogP contribution in [0.25, 0.3) is 0 Å². The fourth-order valence-corrected chi connectivity index (χ4v) is 4.18. The Morgan fingerprint density at radius 2 is 2.25 bits per heavy atom. The molecule has 1 N–H and O–H groups in total. The molecule has 1 aromatic rings. The summed E-state index contributed by atoms with van der Waals surface area (Å²) in [7, 11) is -1.76. The summed E-state index contributed by atoms with van der Waals surface area (Å²) in [5, 5.41) is 3.23. The van der Waals surface area contributed by atoms with E-state index in [4.69, 9.17) is 0 Å². The Morgan fingerprint density at radius 1 is 1.50 bits per heavy atom. The molecule has 112 valence electrons. The molecule has 1 aliphatic heterocycles. The van der Waals surface area contributed by atoms with Gasteiger partial charge in [0, 0.05) is 25.3 Å². The number of nitrogens with one attached hydrogen (secondary N) is 1. The highest BCUT2D eigenvalue weighted by atomic mass is 32.2. The van der Waals surface area contributed by atoms with E-state index in [0.717, 1.165) is 25.1 Å². The van der Waals surface area contributed by atoms with E-state index in [0.29, 0.717) is 19.1 Å². The number of piperidine rings is 1. The zero-order chi connectivity index (χ0) is 14.8. The summed E-state index contributed by atoms with van der Waals surface area (Å²) in [5.74, 6) is -0.367. The number of nitrogens with zero attached hydrogens (tertiary/aromatic N) is 2. The SMILES string of the molecule is CCC1CN(S(=O)(=O)c2cncc(F)c2)CCC1NC. The molecule has 5 nitrogen and oxygen atoms in total. The van der Waals surface area contributed by atoms with Crippen molar-refractivity contribution in [2.75, 3.05) is 20.1 Å². The Morgan fingerprint density at radius 3 is 2.85 bits per heavy atom. The van der Waals surface area contributed by atoms with Crippen molar-refractivity contribution in [3.63, 3.8) is 0 Å². The molecule has 0 bridgehead atoms. The maximum atomic E-state index is 13.2. The van der Waals surface area contributed by atoms with Gasteiger partial charge in [0.1, 0.15) is 10.7 Å². The minimum Gasteiger partial charge on any atom is -0.317 e. The van der Waals surface area contributed by atoms with Crippen molar-refractivity contribution in [2.24, 2.45) is 5.92 Å². The van der Waals surface area contributed by atoms with E-state index in [9.17, 15) is 12.8 Å². The van der Waals surface area contributed by atoms with E-state index in [1.165, 1.54) is 10.5 Å². The van der Waals surface area contributed by atoms with Crippen LogP contribution in [0, 0.1) is 11.7 Å². The molecule has 0 saturated carbocycles. The van der Waals surface area contributed by atoms with Gasteiger partial charge in [0.2, 0.25) is 10.0 Å². The lowest BCUT2D eigenvalue weighted by Gasteiger charge is -2.37. The Balaban J connectivity index is 2.23. The number of pyridine rings is 1. The van der Waals surface area contributed by atoms with Crippen molar-refractivity contribution in [2.45, 2.75) is 30.7 Å². The summed E-state index contributed by atoms with van der Waals surface area (Å²) < 4.78 is 39.6. The quantitative estimate of drug-likeness (QED) is 0.908. The lowest BCUT2D eigenvalue weighted by atomic mass is 9.91. The standard InChI is InChI=1S/C13H20FN3O2S/c1-3-10-9-17(5-4-13(10)15-2)20(18,19)12-6-11(14)7-16-8-12/h6-8,10,13,15H,3-5,9H2,1-2H3. The molecule has 0 aromatic carbocycles. The van der Waals surface area contributed by atoms with Crippen molar-refractivity contribution in [3.8, 4) is 0 Å². The largest absolute Gasteiger partial charge is 0.317 e. The van der Waals surface area contributed by atoms with Crippen LogP contribution in [0.1, 0.15) is 19.8 Å². The van der Waals surface area contributed by atoms with Crippen LogP contribution in [-0.4, -0.2) is 43.9 Å². The third-order valence-electron chi connectivity index (χ3n) is 3.91. The maximum Gasteiger partial charge on any atom is 0.244 e. The molecule has 2 atom stereocenters. The van der Waals surface area contributed by atoms with Crippen LogP contribution in [0.2, 0.25) is 0 Å². The minimum absolute atomic E-state index is 0.0738. The summed E-state index contributed by atoms with van der Waals surface area (Å²) in [6.45, 7) is 2.95.